The van der Waals surface area contributed by atoms with Gasteiger partial charge in [0.1, 0.15) is 16.6 Å². The Morgan fingerprint density at radius 1 is 1.09 bits per heavy atom. The summed E-state index contributed by atoms with van der Waals surface area (Å²) in [6.45, 7) is 5.91. The maximum atomic E-state index is 13.8. The first-order chi connectivity index (χ1) is 15.6. The third-order valence-electron chi connectivity index (χ3n) is 5.68. The normalized spacial score (nSPS) is 16.8. The van der Waals surface area contributed by atoms with Crippen LogP contribution in [-0.2, 0) is 10.0 Å². The van der Waals surface area contributed by atoms with Crippen molar-refractivity contribution in [2.75, 3.05) is 11.9 Å². The number of sulfonamides is 1. The SMILES string of the molecule is Cc1cc(C)c(S(=O)(=O)N2CCCC2c2nnc(C(=O)Nc3ccc(F)cc3F)s2)cc1C. The summed E-state index contributed by atoms with van der Waals surface area (Å²) in [5, 5.41) is 10.6. The molecule has 0 aliphatic carbocycles. The second-order valence-electron chi connectivity index (χ2n) is 8.00. The van der Waals surface area contributed by atoms with Gasteiger partial charge in [-0.1, -0.05) is 17.4 Å². The van der Waals surface area contributed by atoms with Crippen LogP contribution in [0.3, 0.4) is 0 Å². The second kappa shape index (κ2) is 8.88. The number of nitrogens with one attached hydrogen (secondary N) is 1. The lowest BCUT2D eigenvalue weighted by molar-refractivity contribution is 0.102. The van der Waals surface area contributed by atoms with Crippen molar-refractivity contribution in [3.05, 3.63) is 68.7 Å². The number of aromatic nitrogens is 2. The molecule has 1 atom stereocenters. The molecule has 3 aromatic rings. The Labute approximate surface area is 194 Å². The van der Waals surface area contributed by atoms with Gasteiger partial charge in [-0.05, 0) is 68.5 Å². The summed E-state index contributed by atoms with van der Waals surface area (Å²) in [5.74, 6) is -2.38. The van der Waals surface area contributed by atoms with Gasteiger partial charge in [0.15, 0.2) is 0 Å². The van der Waals surface area contributed by atoms with Crippen LogP contribution >= 0.6 is 11.3 Å². The highest BCUT2D eigenvalue weighted by molar-refractivity contribution is 7.89. The number of amides is 1. The van der Waals surface area contributed by atoms with Gasteiger partial charge in [0.2, 0.25) is 15.0 Å². The van der Waals surface area contributed by atoms with E-state index in [9.17, 15) is 22.0 Å². The van der Waals surface area contributed by atoms with Gasteiger partial charge in [0.05, 0.1) is 16.6 Å². The van der Waals surface area contributed by atoms with E-state index in [0.29, 0.717) is 36.0 Å². The molecule has 4 rings (SSSR count). The van der Waals surface area contributed by atoms with Crippen molar-refractivity contribution >= 4 is 33.0 Å². The second-order valence-corrected chi connectivity index (χ2v) is 10.9. The zero-order valence-electron chi connectivity index (χ0n) is 18.2. The van der Waals surface area contributed by atoms with Crippen molar-refractivity contribution in [2.24, 2.45) is 0 Å². The van der Waals surface area contributed by atoms with Crippen LogP contribution in [0.5, 0.6) is 0 Å². The molecule has 1 aliphatic rings. The molecule has 33 heavy (non-hydrogen) atoms. The Kier molecular flexibility index (Phi) is 6.30. The van der Waals surface area contributed by atoms with E-state index in [0.717, 1.165) is 34.6 Å². The maximum Gasteiger partial charge on any atom is 0.286 e. The Hall–Kier alpha value is -2.76. The van der Waals surface area contributed by atoms with Crippen molar-refractivity contribution in [2.45, 2.75) is 44.6 Å². The molecule has 0 spiro atoms. The Morgan fingerprint density at radius 2 is 1.82 bits per heavy atom. The van der Waals surface area contributed by atoms with Crippen molar-refractivity contribution < 1.29 is 22.0 Å². The highest BCUT2D eigenvalue weighted by atomic mass is 32.2. The van der Waals surface area contributed by atoms with Gasteiger partial charge in [-0.15, -0.1) is 10.2 Å². The fourth-order valence-electron chi connectivity index (χ4n) is 3.84. The van der Waals surface area contributed by atoms with Crippen LogP contribution in [0.4, 0.5) is 14.5 Å². The van der Waals surface area contributed by atoms with E-state index in [4.69, 9.17) is 0 Å². The summed E-state index contributed by atoms with van der Waals surface area (Å²) < 4.78 is 55.3. The molecule has 1 N–H and O–H groups in total. The van der Waals surface area contributed by atoms with Crippen molar-refractivity contribution in [3.8, 4) is 0 Å². The molecule has 0 radical (unpaired) electrons. The standard InChI is InChI=1S/C22H22F2N4O3S2/c1-12-9-14(3)19(10-13(12)2)33(30,31)28-8-4-5-18(28)21-26-27-22(32-21)20(29)25-17-7-6-15(23)11-16(17)24/h6-7,9-11,18H,4-5,8H2,1-3H3,(H,25,29). The molecule has 11 heteroatoms. The average molecular weight is 493 g/mol. The first-order valence-electron chi connectivity index (χ1n) is 10.3. The lowest BCUT2D eigenvalue weighted by atomic mass is 10.1. The molecule has 2 heterocycles. The molecule has 1 fully saturated rings. The number of aryl methyl sites for hydroxylation is 3. The lowest BCUT2D eigenvalue weighted by Crippen LogP contribution is -2.31. The number of halogens is 2. The minimum atomic E-state index is -3.79. The number of hydrogen-bond donors (Lipinski definition) is 1. The molecule has 2 aromatic carbocycles. The fraction of sp³-hybridized carbons (Fsp3) is 0.318. The van der Waals surface area contributed by atoms with Crippen LogP contribution in [0.2, 0.25) is 0 Å². The zero-order valence-corrected chi connectivity index (χ0v) is 19.9. The molecule has 1 aliphatic heterocycles. The largest absolute Gasteiger partial charge is 0.317 e. The van der Waals surface area contributed by atoms with Crippen molar-refractivity contribution in [3.63, 3.8) is 0 Å². The molecule has 1 aromatic heterocycles. The number of carbonyl (C=O) groups excluding carboxylic acids is 1. The van der Waals surface area contributed by atoms with E-state index in [1.807, 2.05) is 19.9 Å². The van der Waals surface area contributed by atoms with E-state index in [2.05, 4.69) is 15.5 Å². The molecule has 1 unspecified atom stereocenters. The third-order valence-corrected chi connectivity index (χ3v) is 8.75. The lowest BCUT2D eigenvalue weighted by Gasteiger charge is -2.23. The molecular formula is C22H22F2N4O3S2. The first kappa shape index (κ1) is 23.4. The monoisotopic (exact) mass is 492 g/mol. The summed E-state index contributed by atoms with van der Waals surface area (Å²) in [7, 11) is -3.79. The Balaban J connectivity index is 1.58. The van der Waals surface area contributed by atoms with E-state index in [1.165, 1.54) is 4.31 Å². The molecule has 174 valence electrons. The summed E-state index contributed by atoms with van der Waals surface area (Å²) >= 11 is 0.954. The van der Waals surface area contributed by atoms with Crippen LogP contribution < -0.4 is 5.32 Å². The predicted octanol–water partition coefficient (Wildman–Crippen LogP) is 4.52. The van der Waals surface area contributed by atoms with Crippen LogP contribution in [0.15, 0.2) is 35.2 Å². The average Bonchev–Trinajstić information content (AvgIpc) is 3.42. The Bertz CT molecular complexity index is 1340. The topological polar surface area (TPSA) is 92.3 Å². The summed E-state index contributed by atoms with van der Waals surface area (Å²) in [5.41, 5.74) is 2.38. The number of benzene rings is 2. The minimum absolute atomic E-state index is 0.0414. The van der Waals surface area contributed by atoms with Gasteiger partial charge in [-0.2, -0.15) is 4.31 Å². The van der Waals surface area contributed by atoms with E-state index < -0.39 is 33.6 Å². The quantitative estimate of drug-likeness (QED) is 0.565. The van der Waals surface area contributed by atoms with Gasteiger partial charge in [0.25, 0.3) is 5.91 Å². The van der Waals surface area contributed by atoms with E-state index >= 15 is 0 Å². The van der Waals surface area contributed by atoms with E-state index in [-0.39, 0.29) is 15.6 Å². The highest BCUT2D eigenvalue weighted by Crippen LogP contribution is 2.38. The van der Waals surface area contributed by atoms with Gasteiger partial charge < -0.3 is 5.32 Å². The number of nitrogens with zero attached hydrogens (tertiary/aromatic N) is 3. The number of rotatable bonds is 5. The van der Waals surface area contributed by atoms with Crippen molar-refractivity contribution in [1.29, 1.82) is 0 Å². The summed E-state index contributed by atoms with van der Waals surface area (Å²) in [6.07, 6.45) is 1.20. The number of anilines is 1. The zero-order chi connectivity index (χ0) is 23.9. The molecule has 7 nitrogen and oxygen atoms in total. The van der Waals surface area contributed by atoms with Gasteiger partial charge >= 0.3 is 0 Å². The third kappa shape index (κ3) is 4.53. The predicted molar refractivity (Wildman–Crippen MR) is 121 cm³/mol. The summed E-state index contributed by atoms with van der Waals surface area (Å²) in [4.78, 5) is 12.8. The maximum absolute atomic E-state index is 13.8. The van der Waals surface area contributed by atoms with Gasteiger partial charge in [0, 0.05) is 12.6 Å². The van der Waals surface area contributed by atoms with Crippen LogP contribution in [0.1, 0.15) is 50.4 Å². The molecule has 0 saturated carbocycles. The molecular weight excluding hydrogens is 470 g/mol. The van der Waals surface area contributed by atoms with Crippen molar-refractivity contribution in [1.82, 2.24) is 14.5 Å². The molecule has 1 amide bonds. The van der Waals surface area contributed by atoms with Gasteiger partial charge in [-0.3, -0.25) is 4.79 Å². The van der Waals surface area contributed by atoms with Gasteiger partial charge in [-0.25, -0.2) is 17.2 Å². The van der Waals surface area contributed by atoms with Crippen LogP contribution in [0, 0.1) is 32.4 Å². The Morgan fingerprint density at radius 3 is 2.55 bits per heavy atom. The minimum Gasteiger partial charge on any atom is -0.317 e. The smallest absolute Gasteiger partial charge is 0.286 e. The molecule has 1 saturated heterocycles. The number of hydrogen-bond acceptors (Lipinski definition) is 6. The van der Waals surface area contributed by atoms with E-state index in [1.54, 1.807) is 13.0 Å². The first-order valence-corrected chi connectivity index (χ1v) is 12.5. The van der Waals surface area contributed by atoms with Crippen LogP contribution in [-0.4, -0.2) is 35.4 Å². The fourth-order valence-corrected chi connectivity index (χ4v) is 6.75. The van der Waals surface area contributed by atoms with Crippen LogP contribution in [0.25, 0.3) is 0 Å². The molecule has 0 bridgehead atoms. The summed E-state index contributed by atoms with van der Waals surface area (Å²) in [6, 6.07) is 5.80. The number of carbonyl (C=O) groups is 1. The highest BCUT2D eigenvalue weighted by Gasteiger charge is 2.39.